The van der Waals surface area contributed by atoms with Crippen molar-refractivity contribution in [2.45, 2.75) is 79.3 Å². The van der Waals surface area contributed by atoms with Gasteiger partial charge in [0, 0.05) is 37.5 Å². The standard InChI is InChI=1S/C12H24O2.C9H10ClF2N3.C7H9NO.CH2O2/c1-5-11(4)6-7-14-12(10(2)3)8-13-9-12;10-6-5-7(15-3-1-2-4-15)14-9(13-6)8(11)12;1-5-3-6(2)7(9)8-4-5;2-1-3/h10-11H,5-9H2,1-4H3;5,8H,1-4H2;3-4H,1-2H3,(H,8,9);1H,(H,2,3). The molecule has 9 nitrogen and oxygen atoms in total. The van der Waals surface area contributed by atoms with E-state index in [-0.39, 0.29) is 22.8 Å². The number of hydrogen-bond acceptors (Lipinski definition) is 7. The number of halogens is 3. The number of aromatic nitrogens is 3. The Hall–Kier alpha value is -2.63. The number of hydrogen-bond donors (Lipinski definition) is 2. The lowest BCUT2D eigenvalue weighted by Gasteiger charge is -2.44. The summed E-state index contributed by atoms with van der Waals surface area (Å²) in [5, 5.41) is 6.96. The highest BCUT2D eigenvalue weighted by molar-refractivity contribution is 6.29. The van der Waals surface area contributed by atoms with E-state index in [1.54, 1.807) is 13.1 Å². The molecule has 0 aliphatic carbocycles. The Kier molecular flexibility index (Phi) is 16.6. The first-order valence-electron chi connectivity index (χ1n) is 13.9. The van der Waals surface area contributed by atoms with E-state index in [2.05, 4.69) is 42.6 Å². The summed E-state index contributed by atoms with van der Waals surface area (Å²) in [6.45, 7) is 16.6. The molecule has 4 heterocycles. The van der Waals surface area contributed by atoms with Crippen molar-refractivity contribution in [3.63, 3.8) is 0 Å². The Bertz CT molecular complexity index is 1090. The fraction of sp³-hybridized carbons (Fsp3) is 0.655. The van der Waals surface area contributed by atoms with Crippen LogP contribution >= 0.6 is 11.6 Å². The van der Waals surface area contributed by atoms with Crippen molar-refractivity contribution < 1.29 is 28.2 Å². The summed E-state index contributed by atoms with van der Waals surface area (Å²) in [7, 11) is 0. The molecular weight excluding hydrogens is 558 g/mol. The molecular formula is C29H45ClF2N4O5. The molecule has 2 N–H and O–H groups in total. The minimum Gasteiger partial charge on any atom is -0.483 e. The lowest BCUT2D eigenvalue weighted by molar-refractivity contribution is -0.231. The molecule has 1 unspecified atom stereocenters. The van der Waals surface area contributed by atoms with Crippen LogP contribution in [0, 0.1) is 25.7 Å². The summed E-state index contributed by atoms with van der Waals surface area (Å²) in [5.41, 5.74) is 1.90. The maximum atomic E-state index is 12.4. The van der Waals surface area contributed by atoms with Crippen LogP contribution < -0.4 is 10.5 Å². The van der Waals surface area contributed by atoms with Crippen LogP contribution in [0.25, 0.3) is 0 Å². The molecule has 0 amide bonds. The van der Waals surface area contributed by atoms with E-state index in [0.717, 1.165) is 62.8 Å². The molecule has 41 heavy (non-hydrogen) atoms. The van der Waals surface area contributed by atoms with Crippen molar-refractivity contribution in [3.8, 4) is 0 Å². The second-order valence-electron chi connectivity index (χ2n) is 10.6. The van der Waals surface area contributed by atoms with Gasteiger partial charge in [0.1, 0.15) is 16.6 Å². The van der Waals surface area contributed by atoms with Gasteiger partial charge in [-0.3, -0.25) is 9.59 Å². The van der Waals surface area contributed by atoms with E-state index in [9.17, 15) is 13.6 Å². The molecule has 4 rings (SSSR count). The molecule has 2 saturated heterocycles. The summed E-state index contributed by atoms with van der Waals surface area (Å²) in [5.74, 6) is 1.35. The van der Waals surface area contributed by atoms with E-state index in [4.69, 9.17) is 31.0 Å². The van der Waals surface area contributed by atoms with Crippen LogP contribution in [0.2, 0.25) is 5.15 Å². The molecule has 2 aliphatic rings. The van der Waals surface area contributed by atoms with Crippen molar-refractivity contribution in [2.24, 2.45) is 11.8 Å². The minimum atomic E-state index is -2.68. The minimum absolute atomic E-state index is 0.000556. The molecule has 2 fully saturated rings. The Labute approximate surface area is 246 Å². The lowest BCUT2D eigenvalue weighted by atomic mass is 9.88. The van der Waals surface area contributed by atoms with Crippen molar-refractivity contribution in [1.29, 1.82) is 0 Å². The van der Waals surface area contributed by atoms with Crippen LogP contribution in [-0.4, -0.2) is 65.0 Å². The van der Waals surface area contributed by atoms with Crippen molar-refractivity contribution in [1.82, 2.24) is 15.0 Å². The maximum absolute atomic E-state index is 12.4. The molecule has 0 radical (unpaired) electrons. The largest absolute Gasteiger partial charge is 0.483 e. The van der Waals surface area contributed by atoms with Gasteiger partial charge in [-0.25, -0.2) is 18.7 Å². The number of anilines is 1. The number of alkyl halides is 2. The average molecular weight is 603 g/mol. The summed E-state index contributed by atoms with van der Waals surface area (Å²) >= 11 is 5.66. The second-order valence-corrected chi connectivity index (χ2v) is 10.9. The van der Waals surface area contributed by atoms with Crippen LogP contribution in [0.4, 0.5) is 14.6 Å². The van der Waals surface area contributed by atoms with Gasteiger partial charge in [0.25, 0.3) is 18.5 Å². The summed E-state index contributed by atoms with van der Waals surface area (Å²) in [6.07, 6.45) is 3.57. The van der Waals surface area contributed by atoms with E-state index < -0.39 is 12.2 Å². The Balaban J connectivity index is 0.000000301. The second kappa shape index (κ2) is 18.7. The summed E-state index contributed by atoms with van der Waals surface area (Å²) in [4.78, 5) is 30.9. The van der Waals surface area contributed by atoms with Gasteiger partial charge in [0.15, 0.2) is 5.82 Å². The zero-order valence-corrected chi connectivity index (χ0v) is 25.7. The highest BCUT2D eigenvalue weighted by Gasteiger charge is 2.42. The van der Waals surface area contributed by atoms with Gasteiger partial charge in [0.2, 0.25) is 0 Å². The van der Waals surface area contributed by atoms with Crippen LogP contribution in [0.15, 0.2) is 23.1 Å². The van der Waals surface area contributed by atoms with Gasteiger partial charge < -0.3 is 24.5 Å². The molecule has 0 saturated carbocycles. The van der Waals surface area contributed by atoms with Gasteiger partial charge in [-0.05, 0) is 56.6 Å². The highest BCUT2D eigenvalue weighted by atomic mass is 35.5. The molecule has 0 bridgehead atoms. The normalized spacial score (nSPS) is 15.9. The number of pyridine rings is 1. The number of aryl methyl sites for hydroxylation is 2. The topological polar surface area (TPSA) is 118 Å². The molecule has 12 heteroatoms. The molecule has 1 atom stereocenters. The van der Waals surface area contributed by atoms with Gasteiger partial charge in [0.05, 0.1) is 13.2 Å². The van der Waals surface area contributed by atoms with E-state index in [0.29, 0.717) is 11.7 Å². The maximum Gasteiger partial charge on any atom is 0.297 e. The number of carboxylic acid groups (broad SMARTS) is 1. The Morgan fingerprint density at radius 3 is 2.24 bits per heavy atom. The van der Waals surface area contributed by atoms with Crippen LogP contribution in [0.1, 0.15) is 76.8 Å². The first-order valence-corrected chi connectivity index (χ1v) is 14.3. The number of rotatable bonds is 8. The van der Waals surface area contributed by atoms with Crippen LogP contribution in [0.5, 0.6) is 0 Å². The summed E-state index contributed by atoms with van der Waals surface area (Å²) in [6, 6.07) is 3.39. The van der Waals surface area contributed by atoms with Crippen molar-refractivity contribution in [2.75, 3.05) is 37.8 Å². The van der Waals surface area contributed by atoms with Gasteiger partial charge in [-0.1, -0.05) is 45.7 Å². The Morgan fingerprint density at radius 1 is 1.20 bits per heavy atom. The fourth-order valence-electron chi connectivity index (χ4n) is 3.92. The molecule has 2 aromatic rings. The summed E-state index contributed by atoms with van der Waals surface area (Å²) < 4.78 is 36.1. The molecule has 2 aromatic heterocycles. The molecule has 0 spiro atoms. The van der Waals surface area contributed by atoms with E-state index >= 15 is 0 Å². The quantitative estimate of drug-likeness (QED) is 0.270. The zero-order chi connectivity index (χ0) is 31.0. The third kappa shape index (κ3) is 12.8. The van der Waals surface area contributed by atoms with Gasteiger partial charge in [-0.2, -0.15) is 0 Å². The number of nitrogens with one attached hydrogen (secondary N) is 1. The van der Waals surface area contributed by atoms with E-state index in [1.807, 2.05) is 17.9 Å². The lowest BCUT2D eigenvalue weighted by Crippen LogP contribution is -2.56. The predicted octanol–water partition coefficient (Wildman–Crippen LogP) is 6.22. The van der Waals surface area contributed by atoms with Gasteiger partial charge >= 0.3 is 0 Å². The molecule has 232 valence electrons. The third-order valence-electron chi connectivity index (χ3n) is 7.00. The zero-order valence-electron chi connectivity index (χ0n) is 25.0. The van der Waals surface area contributed by atoms with Crippen LogP contribution in [-0.2, 0) is 14.3 Å². The smallest absolute Gasteiger partial charge is 0.297 e. The number of nitrogens with zero attached hydrogens (tertiary/aromatic N) is 3. The number of carbonyl (C=O) groups is 1. The van der Waals surface area contributed by atoms with Crippen LogP contribution in [0.3, 0.4) is 0 Å². The van der Waals surface area contributed by atoms with Crippen molar-refractivity contribution >= 4 is 23.9 Å². The van der Waals surface area contributed by atoms with Crippen molar-refractivity contribution in [3.05, 3.63) is 50.8 Å². The first kappa shape index (κ1) is 36.4. The SMILES string of the molecule is CCC(C)CCOC1(C(C)C)COC1.Cc1c[nH]c(=O)c(C)c1.FC(F)c1nc(Cl)cc(N2CCCC2)n1.O=CO. The first-order chi connectivity index (χ1) is 19.4. The predicted molar refractivity (Wildman–Crippen MR) is 157 cm³/mol. The third-order valence-corrected chi connectivity index (χ3v) is 7.19. The van der Waals surface area contributed by atoms with E-state index in [1.165, 1.54) is 18.9 Å². The molecule has 0 aromatic carbocycles. The Morgan fingerprint density at radius 2 is 1.80 bits per heavy atom. The number of aromatic amines is 1. The fourth-order valence-corrected chi connectivity index (χ4v) is 4.11. The molecule has 2 aliphatic heterocycles. The number of H-pyrrole nitrogens is 1. The van der Waals surface area contributed by atoms with Gasteiger partial charge in [-0.15, -0.1) is 0 Å². The monoisotopic (exact) mass is 602 g/mol. The number of ether oxygens (including phenoxy) is 2. The average Bonchev–Trinajstić information content (AvgIpc) is 3.44. The highest BCUT2D eigenvalue weighted by Crippen LogP contribution is 2.30.